The molecule has 21 heavy (non-hydrogen) atoms. The predicted octanol–water partition coefficient (Wildman–Crippen LogP) is 3.17. The Labute approximate surface area is 123 Å². The highest BCUT2D eigenvalue weighted by Crippen LogP contribution is 2.41. The summed E-state index contributed by atoms with van der Waals surface area (Å²) in [4.78, 5) is 13.8. The second kappa shape index (κ2) is 4.65. The van der Waals surface area contributed by atoms with Gasteiger partial charge >= 0.3 is 0 Å². The molecule has 1 unspecified atom stereocenters. The smallest absolute Gasteiger partial charge is 0.223 e. The average molecular weight is 283 g/mol. The highest BCUT2D eigenvalue weighted by atomic mass is 16.5. The van der Waals surface area contributed by atoms with Crippen LogP contribution in [0.15, 0.2) is 34.7 Å². The maximum Gasteiger partial charge on any atom is 0.223 e. The van der Waals surface area contributed by atoms with E-state index in [4.69, 9.17) is 9.15 Å². The van der Waals surface area contributed by atoms with E-state index >= 15 is 0 Å². The summed E-state index contributed by atoms with van der Waals surface area (Å²) in [5.74, 6) is 3.03. The molecule has 0 radical (unpaired) electrons. The summed E-state index contributed by atoms with van der Waals surface area (Å²) in [7, 11) is 1.66. The van der Waals surface area contributed by atoms with Crippen molar-refractivity contribution >= 4 is 5.91 Å². The molecular weight excluding hydrogens is 266 g/mol. The third-order valence-corrected chi connectivity index (χ3v) is 4.48. The van der Waals surface area contributed by atoms with Crippen LogP contribution in [0.2, 0.25) is 0 Å². The molecule has 1 atom stereocenters. The molecule has 0 aliphatic carbocycles. The second-order valence-corrected chi connectivity index (χ2v) is 5.61. The molecule has 0 spiro atoms. The minimum Gasteiger partial charge on any atom is -0.497 e. The van der Waals surface area contributed by atoms with E-state index in [1.165, 1.54) is 5.56 Å². The number of hydrogen-bond donors (Lipinski definition) is 0. The number of hydrogen-bond acceptors (Lipinski definition) is 3. The van der Waals surface area contributed by atoms with Crippen LogP contribution in [0, 0.1) is 0 Å². The summed E-state index contributed by atoms with van der Waals surface area (Å²) in [6.07, 6.45) is 2.38. The molecule has 3 heterocycles. The zero-order chi connectivity index (χ0) is 14.4. The van der Waals surface area contributed by atoms with Crippen LogP contribution >= 0.6 is 0 Å². The van der Waals surface area contributed by atoms with Crippen LogP contribution in [0.5, 0.6) is 5.75 Å². The van der Waals surface area contributed by atoms with E-state index in [9.17, 15) is 4.79 Å². The quantitative estimate of drug-likeness (QED) is 0.850. The first-order chi connectivity index (χ1) is 10.3. The topological polar surface area (TPSA) is 42.7 Å². The molecule has 0 saturated carbocycles. The van der Waals surface area contributed by atoms with E-state index in [1.54, 1.807) is 7.11 Å². The van der Waals surface area contributed by atoms with E-state index in [-0.39, 0.29) is 11.9 Å². The molecular formula is C17H17NO3. The Morgan fingerprint density at radius 3 is 2.81 bits per heavy atom. The molecule has 1 fully saturated rings. The molecule has 1 aromatic carbocycles. The van der Waals surface area contributed by atoms with Gasteiger partial charge in [0.05, 0.1) is 13.2 Å². The maximum absolute atomic E-state index is 11.8. The molecule has 2 aromatic rings. The number of carbonyl (C=O) groups is 1. The lowest BCUT2D eigenvalue weighted by molar-refractivity contribution is -0.129. The van der Waals surface area contributed by atoms with E-state index < -0.39 is 0 Å². The Morgan fingerprint density at radius 2 is 2.05 bits per heavy atom. The van der Waals surface area contributed by atoms with Crippen LogP contribution in [0.1, 0.15) is 30.2 Å². The predicted molar refractivity (Wildman–Crippen MR) is 78.1 cm³/mol. The summed E-state index contributed by atoms with van der Waals surface area (Å²) >= 11 is 0. The zero-order valence-corrected chi connectivity index (χ0v) is 12.0. The van der Waals surface area contributed by atoms with Gasteiger partial charge in [-0.05, 0) is 36.8 Å². The standard InChI is InChI=1S/C17H17NO3/c1-20-12-4-2-11(3-5-12)16-10-13-14-6-7-17(19)18(14)9-8-15(13)21-16/h2-5,10,14H,6-9H2,1H3. The van der Waals surface area contributed by atoms with Gasteiger partial charge in [-0.25, -0.2) is 0 Å². The van der Waals surface area contributed by atoms with Gasteiger partial charge in [-0.1, -0.05) is 0 Å². The van der Waals surface area contributed by atoms with E-state index in [0.717, 1.165) is 42.2 Å². The first-order valence-electron chi connectivity index (χ1n) is 7.33. The Kier molecular flexibility index (Phi) is 2.77. The number of nitrogens with zero attached hydrogens (tertiary/aromatic N) is 1. The molecule has 4 nitrogen and oxygen atoms in total. The van der Waals surface area contributed by atoms with Crippen LogP contribution in [-0.4, -0.2) is 24.5 Å². The number of amides is 1. The first-order valence-corrected chi connectivity index (χ1v) is 7.33. The Bertz CT molecular complexity index is 687. The zero-order valence-electron chi connectivity index (χ0n) is 12.0. The normalized spacial score (nSPS) is 20.3. The molecule has 108 valence electrons. The first kappa shape index (κ1) is 12.5. The van der Waals surface area contributed by atoms with Crippen molar-refractivity contribution in [1.29, 1.82) is 0 Å². The number of methoxy groups -OCH3 is 1. The second-order valence-electron chi connectivity index (χ2n) is 5.61. The van der Waals surface area contributed by atoms with Gasteiger partial charge in [0.1, 0.15) is 17.3 Å². The SMILES string of the molecule is COc1ccc(-c2cc3c(o2)CCN2C(=O)CCC32)cc1. The van der Waals surface area contributed by atoms with Gasteiger partial charge in [0.2, 0.25) is 5.91 Å². The van der Waals surface area contributed by atoms with Crippen LogP contribution in [0.3, 0.4) is 0 Å². The van der Waals surface area contributed by atoms with E-state index in [1.807, 2.05) is 29.2 Å². The van der Waals surface area contributed by atoms with Gasteiger partial charge in [0.15, 0.2) is 0 Å². The van der Waals surface area contributed by atoms with Gasteiger partial charge in [0, 0.05) is 30.5 Å². The number of fused-ring (bicyclic) bond motifs is 3. The van der Waals surface area contributed by atoms with Gasteiger partial charge in [-0.2, -0.15) is 0 Å². The van der Waals surface area contributed by atoms with Crippen molar-refractivity contribution < 1.29 is 13.9 Å². The Balaban J connectivity index is 1.70. The van der Waals surface area contributed by atoms with Crippen molar-refractivity contribution in [2.45, 2.75) is 25.3 Å². The van der Waals surface area contributed by atoms with Crippen molar-refractivity contribution in [3.05, 3.63) is 41.7 Å². The number of furan rings is 1. The highest BCUT2D eigenvalue weighted by molar-refractivity contribution is 5.79. The average Bonchev–Trinajstić information content (AvgIpc) is 3.11. The van der Waals surface area contributed by atoms with Crippen molar-refractivity contribution in [2.24, 2.45) is 0 Å². The van der Waals surface area contributed by atoms with Crippen LogP contribution in [-0.2, 0) is 11.2 Å². The largest absolute Gasteiger partial charge is 0.497 e. The molecule has 2 aliphatic heterocycles. The molecule has 4 heteroatoms. The number of benzene rings is 1. The number of carbonyl (C=O) groups excluding carboxylic acids is 1. The Hall–Kier alpha value is -2.23. The number of rotatable bonds is 2. The fourth-order valence-electron chi connectivity index (χ4n) is 3.38. The third-order valence-electron chi connectivity index (χ3n) is 4.48. The van der Waals surface area contributed by atoms with Crippen LogP contribution in [0.4, 0.5) is 0 Å². The van der Waals surface area contributed by atoms with Gasteiger partial charge in [-0.3, -0.25) is 4.79 Å². The fourth-order valence-corrected chi connectivity index (χ4v) is 3.38. The van der Waals surface area contributed by atoms with Crippen molar-refractivity contribution in [1.82, 2.24) is 4.90 Å². The van der Waals surface area contributed by atoms with Crippen LogP contribution < -0.4 is 4.74 Å². The Morgan fingerprint density at radius 1 is 1.24 bits per heavy atom. The molecule has 1 saturated heterocycles. The van der Waals surface area contributed by atoms with Crippen LogP contribution in [0.25, 0.3) is 11.3 Å². The minimum absolute atomic E-state index is 0.219. The summed E-state index contributed by atoms with van der Waals surface area (Å²) in [5.41, 5.74) is 2.24. The molecule has 0 bridgehead atoms. The monoisotopic (exact) mass is 283 g/mol. The number of ether oxygens (including phenoxy) is 1. The molecule has 1 aromatic heterocycles. The summed E-state index contributed by atoms with van der Waals surface area (Å²) in [6, 6.07) is 10.2. The molecule has 4 rings (SSSR count). The third kappa shape index (κ3) is 1.94. The molecule has 2 aliphatic rings. The lowest BCUT2D eigenvalue weighted by atomic mass is 9.99. The highest BCUT2D eigenvalue weighted by Gasteiger charge is 2.38. The summed E-state index contributed by atoms with van der Waals surface area (Å²) in [6.45, 7) is 0.784. The van der Waals surface area contributed by atoms with Gasteiger partial charge < -0.3 is 14.1 Å². The van der Waals surface area contributed by atoms with E-state index in [2.05, 4.69) is 6.07 Å². The van der Waals surface area contributed by atoms with Gasteiger partial charge in [-0.15, -0.1) is 0 Å². The lowest BCUT2D eigenvalue weighted by Crippen LogP contribution is -2.33. The van der Waals surface area contributed by atoms with Crippen molar-refractivity contribution in [2.75, 3.05) is 13.7 Å². The molecule has 1 amide bonds. The van der Waals surface area contributed by atoms with Gasteiger partial charge in [0.25, 0.3) is 0 Å². The summed E-state index contributed by atoms with van der Waals surface area (Å²) in [5, 5.41) is 0. The van der Waals surface area contributed by atoms with E-state index in [0.29, 0.717) is 6.42 Å². The maximum atomic E-state index is 11.8. The fraction of sp³-hybridized carbons (Fsp3) is 0.353. The lowest BCUT2D eigenvalue weighted by Gasteiger charge is -2.28. The van der Waals surface area contributed by atoms with Crippen molar-refractivity contribution in [3.63, 3.8) is 0 Å². The minimum atomic E-state index is 0.219. The summed E-state index contributed by atoms with van der Waals surface area (Å²) < 4.78 is 11.2. The van der Waals surface area contributed by atoms with Crippen molar-refractivity contribution in [3.8, 4) is 17.1 Å². The molecule has 0 N–H and O–H groups in total.